The third-order valence-electron chi connectivity index (χ3n) is 5.65. The number of aliphatic hydroxyl groups excluding tert-OH is 1. The van der Waals surface area contributed by atoms with Crippen molar-refractivity contribution in [1.82, 2.24) is 10.3 Å². The quantitative estimate of drug-likeness (QED) is 0.225. The van der Waals surface area contributed by atoms with Crippen LogP contribution < -0.4 is 5.32 Å². The number of hydrogen-bond donors (Lipinski definition) is 2. The molecule has 1 aromatic heterocycles. The van der Waals surface area contributed by atoms with E-state index >= 15 is 0 Å². The molecular weight excluding hydrogens is 512 g/mol. The number of aliphatic hydroxyl groups is 1. The minimum Gasteiger partial charge on any atom is -0.441 e. The Labute approximate surface area is 235 Å². The number of imide groups is 1. The number of rotatable bonds is 9. The maximum absolute atomic E-state index is 12.6. The van der Waals surface area contributed by atoms with Crippen molar-refractivity contribution in [2.75, 3.05) is 6.61 Å². The molecule has 3 aromatic rings. The zero-order valence-corrected chi connectivity index (χ0v) is 24.1. The fourth-order valence-electron chi connectivity index (χ4n) is 3.66. The number of thioether (sulfide) groups is 1. The van der Waals surface area contributed by atoms with Gasteiger partial charge in [-0.1, -0.05) is 79.7 Å². The standard InChI is InChI=1S/C23H20N2O4S.C6H12O.C2H6/c1-14-18(24-22(29-14)17-5-3-2-4-6-17)11-12-19(26)16-9-7-15(8-10-16)13-20-21(27)25-23(28)30-20;1-6(2)4-3-5-7;1-2/h2-10,20H,11-13H2,1H3,(H,25,27,28);4,7H,3,5H2,1-2H3;1-2H3. The molecule has 0 saturated carbocycles. The Morgan fingerprint density at radius 3 is 2.28 bits per heavy atom. The van der Waals surface area contributed by atoms with Gasteiger partial charge in [0.1, 0.15) is 5.76 Å². The highest BCUT2D eigenvalue weighted by atomic mass is 32.2. The highest BCUT2D eigenvalue weighted by molar-refractivity contribution is 8.15. The largest absolute Gasteiger partial charge is 0.441 e. The summed E-state index contributed by atoms with van der Waals surface area (Å²) in [4.78, 5) is 40.1. The summed E-state index contributed by atoms with van der Waals surface area (Å²) in [5.74, 6) is 1.04. The number of carbonyl (C=O) groups is 3. The molecule has 1 fully saturated rings. The predicted molar refractivity (Wildman–Crippen MR) is 157 cm³/mol. The molecule has 2 aromatic carbocycles. The number of Topliss-reactive ketones (excluding diaryl/α,β-unsaturated/α-hetero) is 1. The molecule has 1 aliphatic rings. The van der Waals surface area contributed by atoms with Crippen molar-refractivity contribution >= 4 is 28.7 Å². The summed E-state index contributed by atoms with van der Waals surface area (Å²) >= 11 is 1.00. The minimum absolute atomic E-state index is 0.0216. The van der Waals surface area contributed by atoms with Gasteiger partial charge in [-0.25, -0.2) is 4.98 Å². The zero-order chi connectivity index (χ0) is 28.8. The van der Waals surface area contributed by atoms with Crippen molar-refractivity contribution in [3.05, 3.63) is 88.8 Å². The van der Waals surface area contributed by atoms with Gasteiger partial charge in [-0.05, 0) is 51.3 Å². The summed E-state index contributed by atoms with van der Waals surface area (Å²) in [7, 11) is 0. The number of aryl methyl sites for hydroxylation is 2. The molecule has 2 heterocycles. The fourth-order valence-corrected chi connectivity index (χ4v) is 4.52. The maximum atomic E-state index is 12.6. The number of nitrogens with one attached hydrogen (secondary N) is 1. The second-order valence-electron chi connectivity index (χ2n) is 8.89. The van der Waals surface area contributed by atoms with Crippen LogP contribution in [0.4, 0.5) is 4.79 Å². The molecule has 0 aliphatic carbocycles. The van der Waals surface area contributed by atoms with Crippen LogP contribution in [0, 0.1) is 6.92 Å². The van der Waals surface area contributed by atoms with Gasteiger partial charge in [0.25, 0.3) is 5.24 Å². The first-order valence-electron chi connectivity index (χ1n) is 13.2. The number of benzene rings is 2. The third-order valence-corrected chi connectivity index (χ3v) is 6.63. The van der Waals surface area contributed by atoms with Crippen LogP contribution >= 0.6 is 11.8 Å². The van der Waals surface area contributed by atoms with E-state index in [1.54, 1.807) is 12.1 Å². The first-order chi connectivity index (χ1) is 18.8. The minimum atomic E-state index is -0.409. The number of allylic oxidation sites excluding steroid dienone is 1. The second-order valence-corrected chi connectivity index (χ2v) is 10.1. The van der Waals surface area contributed by atoms with E-state index < -0.39 is 5.25 Å². The molecule has 4 rings (SSSR count). The monoisotopic (exact) mass is 550 g/mol. The summed E-state index contributed by atoms with van der Waals surface area (Å²) in [5, 5.41) is 9.83. The number of nitrogens with zero attached hydrogens (tertiary/aromatic N) is 1. The Morgan fingerprint density at radius 1 is 1.08 bits per heavy atom. The van der Waals surface area contributed by atoms with Crippen LogP contribution in [-0.2, 0) is 17.6 Å². The number of carbonyl (C=O) groups excluding carboxylic acids is 3. The van der Waals surface area contributed by atoms with Crippen LogP contribution in [0.1, 0.15) is 67.9 Å². The first kappa shape index (κ1) is 31.7. The van der Waals surface area contributed by atoms with Crippen molar-refractivity contribution in [3.63, 3.8) is 0 Å². The van der Waals surface area contributed by atoms with Crippen LogP contribution in [0.2, 0.25) is 0 Å². The van der Waals surface area contributed by atoms with E-state index in [9.17, 15) is 14.4 Å². The topological polar surface area (TPSA) is 110 Å². The number of ketones is 1. The van der Waals surface area contributed by atoms with Crippen LogP contribution in [0.25, 0.3) is 11.5 Å². The molecule has 1 unspecified atom stereocenters. The summed E-state index contributed by atoms with van der Waals surface area (Å²) in [6.45, 7) is 10.2. The van der Waals surface area contributed by atoms with E-state index in [0.29, 0.717) is 30.7 Å². The summed E-state index contributed by atoms with van der Waals surface area (Å²) in [6, 6.07) is 16.9. The smallest absolute Gasteiger partial charge is 0.286 e. The number of aromatic nitrogens is 1. The van der Waals surface area contributed by atoms with Gasteiger partial charge in [-0.2, -0.15) is 0 Å². The van der Waals surface area contributed by atoms with E-state index in [4.69, 9.17) is 9.52 Å². The second kappa shape index (κ2) is 16.5. The average Bonchev–Trinajstić information content (AvgIpc) is 3.48. The van der Waals surface area contributed by atoms with Crippen molar-refractivity contribution in [3.8, 4) is 11.5 Å². The molecule has 1 saturated heterocycles. The van der Waals surface area contributed by atoms with Crippen molar-refractivity contribution in [2.45, 2.75) is 65.6 Å². The molecule has 208 valence electrons. The van der Waals surface area contributed by atoms with Crippen molar-refractivity contribution in [1.29, 1.82) is 0 Å². The molecule has 0 bridgehead atoms. The zero-order valence-electron chi connectivity index (χ0n) is 23.3. The molecule has 7 nitrogen and oxygen atoms in total. The number of amides is 2. The first-order valence-corrected chi connectivity index (χ1v) is 14.0. The van der Waals surface area contributed by atoms with Crippen molar-refractivity contribution < 1.29 is 23.9 Å². The molecule has 2 N–H and O–H groups in total. The van der Waals surface area contributed by atoms with E-state index in [1.807, 2.05) is 83.2 Å². The Bertz CT molecular complexity index is 1250. The average molecular weight is 551 g/mol. The molecule has 1 aliphatic heterocycles. The van der Waals surface area contributed by atoms with Gasteiger partial charge in [-0.15, -0.1) is 0 Å². The van der Waals surface area contributed by atoms with Crippen molar-refractivity contribution in [2.24, 2.45) is 0 Å². The highest BCUT2D eigenvalue weighted by Crippen LogP contribution is 2.24. The van der Waals surface area contributed by atoms with E-state index in [-0.39, 0.29) is 23.5 Å². The van der Waals surface area contributed by atoms with E-state index in [1.165, 1.54) is 5.57 Å². The number of oxazole rings is 1. The van der Waals surface area contributed by atoms with Crippen LogP contribution in [0.5, 0.6) is 0 Å². The van der Waals surface area contributed by atoms with Gasteiger partial charge < -0.3 is 9.52 Å². The molecule has 39 heavy (non-hydrogen) atoms. The Kier molecular flexibility index (Phi) is 13.4. The third kappa shape index (κ3) is 10.3. The lowest BCUT2D eigenvalue weighted by Gasteiger charge is -2.06. The normalized spacial score (nSPS) is 13.9. The predicted octanol–water partition coefficient (Wildman–Crippen LogP) is 6.72. The van der Waals surface area contributed by atoms with Crippen LogP contribution in [0.3, 0.4) is 0 Å². The van der Waals surface area contributed by atoms with Crippen LogP contribution in [0.15, 0.2) is 70.7 Å². The van der Waals surface area contributed by atoms with E-state index in [0.717, 1.165) is 40.8 Å². The SMILES string of the molecule is CC.CC(C)=CCCO.Cc1oc(-c2ccccc2)nc1CCC(=O)c1ccc(CC2SC(=O)NC2=O)cc1. The van der Waals surface area contributed by atoms with Gasteiger partial charge in [0, 0.05) is 30.6 Å². The Morgan fingerprint density at radius 2 is 1.74 bits per heavy atom. The lowest BCUT2D eigenvalue weighted by Crippen LogP contribution is -2.25. The molecule has 0 radical (unpaired) electrons. The van der Waals surface area contributed by atoms with Gasteiger partial charge in [0.15, 0.2) is 5.78 Å². The lowest BCUT2D eigenvalue weighted by molar-refractivity contribution is -0.118. The highest BCUT2D eigenvalue weighted by Gasteiger charge is 2.31. The lowest BCUT2D eigenvalue weighted by atomic mass is 10.0. The van der Waals surface area contributed by atoms with E-state index in [2.05, 4.69) is 10.3 Å². The summed E-state index contributed by atoms with van der Waals surface area (Å²) in [6.07, 6.45) is 4.10. The Hall–Kier alpha value is -3.49. The van der Waals surface area contributed by atoms with Gasteiger partial charge >= 0.3 is 0 Å². The summed E-state index contributed by atoms with van der Waals surface area (Å²) < 4.78 is 5.75. The molecular formula is C31H38N2O5S. The molecule has 0 spiro atoms. The molecule has 2 amide bonds. The Balaban J connectivity index is 0.000000517. The fraction of sp³-hybridized carbons (Fsp3) is 0.355. The molecule has 8 heteroatoms. The number of hydrogen-bond acceptors (Lipinski definition) is 7. The van der Waals surface area contributed by atoms with Crippen LogP contribution in [-0.4, -0.2) is 38.9 Å². The maximum Gasteiger partial charge on any atom is 0.286 e. The van der Waals surface area contributed by atoms with Gasteiger partial charge in [-0.3, -0.25) is 19.7 Å². The van der Waals surface area contributed by atoms with Gasteiger partial charge in [0.05, 0.1) is 10.9 Å². The summed E-state index contributed by atoms with van der Waals surface area (Å²) in [5.41, 5.74) is 4.49. The van der Waals surface area contributed by atoms with Gasteiger partial charge in [0.2, 0.25) is 11.8 Å². The molecule has 1 atom stereocenters.